The van der Waals surface area contributed by atoms with Gasteiger partial charge in [0.1, 0.15) is 0 Å². The summed E-state index contributed by atoms with van der Waals surface area (Å²) in [5.74, 6) is 1.71. The predicted molar refractivity (Wildman–Crippen MR) is 199 cm³/mol. The van der Waals surface area contributed by atoms with Crippen LogP contribution in [0.3, 0.4) is 0 Å². The summed E-state index contributed by atoms with van der Waals surface area (Å²) in [6, 6.07) is 0. The largest absolute Gasteiger partial charge is 0.466 e. The summed E-state index contributed by atoms with van der Waals surface area (Å²) in [4.78, 5) is 24.1. The number of hydrogen-bond donors (Lipinski definition) is 0. The molecular weight excluding hydrogens is 568 g/mol. The maximum Gasteiger partial charge on any atom is 0.305 e. The summed E-state index contributed by atoms with van der Waals surface area (Å²) in [5.41, 5.74) is 0. The fraction of sp³-hybridized carbons (Fsp3) is 0.952. The highest BCUT2D eigenvalue weighted by molar-refractivity contribution is 5.69. The van der Waals surface area contributed by atoms with Crippen molar-refractivity contribution in [1.82, 2.24) is 0 Å². The van der Waals surface area contributed by atoms with Crippen molar-refractivity contribution in [3.8, 4) is 0 Å². The van der Waals surface area contributed by atoms with E-state index in [1.54, 1.807) is 0 Å². The third kappa shape index (κ3) is 32.9. The normalized spacial score (nSPS) is 11.5. The minimum absolute atomic E-state index is 0.0765. The molecule has 46 heavy (non-hydrogen) atoms. The van der Waals surface area contributed by atoms with Crippen molar-refractivity contribution in [2.24, 2.45) is 11.8 Å². The SMILES string of the molecule is CCCCCC(CCCCC)CCCCCCCC(=O)OCCCCOC(=O)CCCCCCCC(CCCCC)CCCCC. The fourth-order valence-corrected chi connectivity index (χ4v) is 6.78. The third-order valence-corrected chi connectivity index (χ3v) is 9.92. The lowest BCUT2D eigenvalue weighted by atomic mass is 9.90. The van der Waals surface area contributed by atoms with Crippen LogP contribution in [-0.2, 0) is 19.1 Å². The number of esters is 2. The van der Waals surface area contributed by atoms with Gasteiger partial charge in [-0.1, -0.05) is 195 Å². The van der Waals surface area contributed by atoms with Crippen LogP contribution in [0, 0.1) is 11.8 Å². The Hall–Kier alpha value is -1.06. The van der Waals surface area contributed by atoms with Crippen molar-refractivity contribution in [2.45, 2.75) is 233 Å². The topological polar surface area (TPSA) is 52.6 Å². The summed E-state index contributed by atoms with van der Waals surface area (Å²) in [6.45, 7) is 10.1. The van der Waals surface area contributed by atoms with Gasteiger partial charge in [0.2, 0.25) is 0 Å². The van der Waals surface area contributed by atoms with Crippen molar-refractivity contribution < 1.29 is 19.1 Å². The van der Waals surface area contributed by atoms with E-state index in [0.29, 0.717) is 26.1 Å². The van der Waals surface area contributed by atoms with Gasteiger partial charge in [-0.3, -0.25) is 9.59 Å². The lowest BCUT2D eigenvalue weighted by molar-refractivity contribution is -0.146. The molecule has 0 aromatic carbocycles. The molecule has 0 heterocycles. The molecule has 0 fully saturated rings. The van der Waals surface area contributed by atoms with Crippen molar-refractivity contribution in [2.75, 3.05) is 13.2 Å². The van der Waals surface area contributed by atoms with Gasteiger partial charge in [-0.25, -0.2) is 0 Å². The Kier molecular flexibility index (Phi) is 35.9. The molecule has 0 aliphatic rings. The van der Waals surface area contributed by atoms with E-state index in [0.717, 1.165) is 50.4 Å². The maximum absolute atomic E-state index is 12.1. The first-order valence-electron chi connectivity index (χ1n) is 20.9. The number of carbonyl (C=O) groups excluding carboxylic acids is 2. The number of ether oxygens (including phenoxy) is 2. The van der Waals surface area contributed by atoms with Gasteiger partial charge in [0, 0.05) is 12.8 Å². The van der Waals surface area contributed by atoms with Crippen LogP contribution >= 0.6 is 0 Å². The molecule has 0 spiro atoms. The molecule has 0 atom stereocenters. The predicted octanol–water partition coefficient (Wildman–Crippen LogP) is 13.9. The Morgan fingerprint density at radius 1 is 0.348 bits per heavy atom. The first kappa shape index (κ1) is 44.9. The van der Waals surface area contributed by atoms with Gasteiger partial charge in [0.15, 0.2) is 0 Å². The summed E-state index contributed by atoms with van der Waals surface area (Å²) in [7, 11) is 0. The van der Waals surface area contributed by atoms with Gasteiger partial charge in [-0.05, 0) is 37.5 Å². The second kappa shape index (κ2) is 36.8. The molecule has 0 amide bonds. The monoisotopic (exact) mass is 651 g/mol. The first-order valence-corrected chi connectivity index (χ1v) is 20.9. The molecule has 0 aromatic rings. The van der Waals surface area contributed by atoms with Crippen molar-refractivity contribution in [3.05, 3.63) is 0 Å². The molecular formula is C42H82O4. The molecule has 0 radical (unpaired) electrons. The molecule has 0 aliphatic carbocycles. The third-order valence-electron chi connectivity index (χ3n) is 9.92. The zero-order chi connectivity index (χ0) is 33.8. The van der Waals surface area contributed by atoms with E-state index in [-0.39, 0.29) is 11.9 Å². The highest BCUT2D eigenvalue weighted by Crippen LogP contribution is 2.25. The van der Waals surface area contributed by atoms with E-state index in [4.69, 9.17) is 9.47 Å². The van der Waals surface area contributed by atoms with E-state index in [1.807, 2.05) is 0 Å². The molecule has 0 rings (SSSR count). The Morgan fingerprint density at radius 2 is 0.609 bits per heavy atom. The van der Waals surface area contributed by atoms with Crippen molar-refractivity contribution >= 4 is 11.9 Å². The van der Waals surface area contributed by atoms with E-state index in [1.165, 1.54) is 154 Å². The Labute approximate surface area is 288 Å². The van der Waals surface area contributed by atoms with Crippen molar-refractivity contribution in [3.63, 3.8) is 0 Å². The van der Waals surface area contributed by atoms with Crippen LogP contribution in [-0.4, -0.2) is 25.2 Å². The molecule has 4 nitrogen and oxygen atoms in total. The standard InChI is InChI=1S/C42H82O4/c1-5-9-19-29-39(30-20-10-6-2)33-23-15-13-17-25-35-41(43)45-37-27-28-38-46-42(44)36-26-18-14-16-24-34-40(31-21-11-7-3)32-22-12-8-4/h39-40H,5-38H2,1-4H3. The average Bonchev–Trinajstić information content (AvgIpc) is 3.05. The van der Waals surface area contributed by atoms with Gasteiger partial charge >= 0.3 is 11.9 Å². The molecule has 0 saturated heterocycles. The van der Waals surface area contributed by atoms with E-state index in [2.05, 4.69) is 27.7 Å². The number of unbranched alkanes of at least 4 members (excludes halogenated alkanes) is 17. The Balaban J connectivity index is 3.64. The quantitative estimate of drug-likeness (QED) is 0.0496. The fourth-order valence-electron chi connectivity index (χ4n) is 6.78. The molecule has 0 aromatic heterocycles. The second-order valence-corrected chi connectivity index (χ2v) is 14.5. The molecule has 0 unspecified atom stereocenters. The van der Waals surface area contributed by atoms with Gasteiger partial charge in [-0.15, -0.1) is 0 Å². The van der Waals surface area contributed by atoms with Crippen LogP contribution in [0.2, 0.25) is 0 Å². The van der Waals surface area contributed by atoms with Crippen LogP contribution < -0.4 is 0 Å². The van der Waals surface area contributed by atoms with Crippen LogP contribution in [0.5, 0.6) is 0 Å². The molecule has 4 heteroatoms. The Bertz CT molecular complexity index is 559. The highest BCUT2D eigenvalue weighted by atomic mass is 16.5. The number of carbonyl (C=O) groups is 2. The molecule has 0 aliphatic heterocycles. The van der Waals surface area contributed by atoms with Gasteiger partial charge < -0.3 is 9.47 Å². The lowest BCUT2D eigenvalue weighted by Crippen LogP contribution is -2.08. The maximum atomic E-state index is 12.1. The van der Waals surface area contributed by atoms with Gasteiger partial charge in [0.25, 0.3) is 0 Å². The van der Waals surface area contributed by atoms with Gasteiger partial charge in [0.05, 0.1) is 13.2 Å². The van der Waals surface area contributed by atoms with Crippen LogP contribution in [0.1, 0.15) is 233 Å². The molecule has 274 valence electrons. The van der Waals surface area contributed by atoms with E-state index in [9.17, 15) is 9.59 Å². The molecule has 0 N–H and O–H groups in total. The van der Waals surface area contributed by atoms with E-state index >= 15 is 0 Å². The van der Waals surface area contributed by atoms with Crippen LogP contribution in [0.15, 0.2) is 0 Å². The minimum atomic E-state index is -0.0765. The smallest absolute Gasteiger partial charge is 0.305 e. The summed E-state index contributed by atoms with van der Waals surface area (Å²) in [6.07, 6.45) is 39.3. The summed E-state index contributed by atoms with van der Waals surface area (Å²) < 4.78 is 10.8. The van der Waals surface area contributed by atoms with Gasteiger partial charge in [-0.2, -0.15) is 0 Å². The highest BCUT2D eigenvalue weighted by Gasteiger charge is 2.10. The van der Waals surface area contributed by atoms with Crippen molar-refractivity contribution in [1.29, 1.82) is 0 Å². The number of hydrogen-bond acceptors (Lipinski definition) is 4. The van der Waals surface area contributed by atoms with E-state index < -0.39 is 0 Å². The Morgan fingerprint density at radius 3 is 0.913 bits per heavy atom. The molecule has 0 saturated carbocycles. The average molecular weight is 651 g/mol. The van der Waals surface area contributed by atoms with Crippen LogP contribution in [0.4, 0.5) is 0 Å². The zero-order valence-corrected chi connectivity index (χ0v) is 31.8. The first-order chi connectivity index (χ1) is 22.6. The minimum Gasteiger partial charge on any atom is -0.466 e. The summed E-state index contributed by atoms with van der Waals surface area (Å²) in [5, 5.41) is 0. The summed E-state index contributed by atoms with van der Waals surface area (Å²) >= 11 is 0. The lowest BCUT2D eigenvalue weighted by Gasteiger charge is -2.16. The second-order valence-electron chi connectivity index (χ2n) is 14.5. The molecule has 0 bridgehead atoms. The zero-order valence-electron chi connectivity index (χ0n) is 31.8. The number of rotatable bonds is 37. The van der Waals surface area contributed by atoms with Crippen LogP contribution in [0.25, 0.3) is 0 Å².